The van der Waals surface area contributed by atoms with Crippen molar-refractivity contribution in [2.75, 3.05) is 20.7 Å². The molecule has 3 aliphatic rings. The normalized spacial score (nSPS) is 22.6. The van der Waals surface area contributed by atoms with Crippen LogP contribution >= 0.6 is 0 Å². The highest BCUT2D eigenvalue weighted by atomic mass is 16.5. The molecule has 1 atom stereocenters. The number of hydrogen-bond donors (Lipinski definition) is 0. The number of imide groups is 1. The summed E-state index contributed by atoms with van der Waals surface area (Å²) in [5.74, 6) is 0.0226. The van der Waals surface area contributed by atoms with Gasteiger partial charge in [-0.2, -0.15) is 0 Å². The molecule has 1 aromatic heterocycles. The van der Waals surface area contributed by atoms with Crippen molar-refractivity contribution in [2.24, 2.45) is 4.99 Å². The van der Waals surface area contributed by atoms with E-state index in [0.717, 1.165) is 23.4 Å². The van der Waals surface area contributed by atoms with Crippen molar-refractivity contribution in [1.82, 2.24) is 14.4 Å². The molecule has 1 saturated heterocycles. The number of amides is 3. The average molecular weight is 374 g/mol. The van der Waals surface area contributed by atoms with E-state index >= 15 is 0 Å². The molecule has 2 aliphatic heterocycles. The number of ether oxygens (including phenoxy) is 1. The van der Waals surface area contributed by atoms with Crippen LogP contribution in [0.15, 0.2) is 11.2 Å². The van der Waals surface area contributed by atoms with Gasteiger partial charge in [0.2, 0.25) is 11.9 Å². The molecule has 0 aromatic carbocycles. The number of esters is 1. The first-order valence-electron chi connectivity index (χ1n) is 9.31. The van der Waals surface area contributed by atoms with Crippen molar-refractivity contribution in [3.8, 4) is 0 Å². The van der Waals surface area contributed by atoms with Gasteiger partial charge in [0.05, 0.1) is 13.2 Å². The predicted octanol–water partition coefficient (Wildman–Crippen LogP) is 1.24. The third kappa shape index (κ3) is 2.64. The minimum atomic E-state index is -0.726. The highest BCUT2D eigenvalue weighted by molar-refractivity contribution is 6.19. The Morgan fingerprint density at radius 2 is 2.00 bits per heavy atom. The van der Waals surface area contributed by atoms with E-state index in [0.29, 0.717) is 17.8 Å². The van der Waals surface area contributed by atoms with Crippen molar-refractivity contribution in [3.05, 3.63) is 11.9 Å². The number of hydrogen-bond acceptors (Lipinski definition) is 5. The maximum absolute atomic E-state index is 13.0. The van der Waals surface area contributed by atoms with E-state index in [1.54, 1.807) is 7.05 Å². The summed E-state index contributed by atoms with van der Waals surface area (Å²) in [6.07, 6.45) is 7.73. The van der Waals surface area contributed by atoms with Gasteiger partial charge in [0.25, 0.3) is 5.91 Å². The molecule has 0 N–H and O–H groups in total. The van der Waals surface area contributed by atoms with Gasteiger partial charge in [0, 0.05) is 7.05 Å². The number of methoxy groups -OCH3 is 1. The van der Waals surface area contributed by atoms with Crippen molar-refractivity contribution in [3.63, 3.8) is 0 Å². The van der Waals surface area contributed by atoms with Gasteiger partial charge in [0.1, 0.15) is 18.4 Å². The summed E-state index contributed by atoms with van der Waals surface area (Å²) >= 11 is 0. The summed E-state index contributed by atoms with van der Waals surface area (Å²) in [6.45, 7) is 1.62. The Labute approximate surface area is 157 Å². The second-order valence-corrected chi connectivity index (χ2v) is 7.35. The molecular formula is C18H24N5O4+. The molecule has 3 heterocycles. The summed E-state index contributed by atoms with van der Waals surface area (Å²) in [6, 6.07) is -0.926. The van der Waals surface area contributed by atoms with Crippen LogP contribution in [0.2, 0.25) is 0 Å². The second kappa shape index (κ2) is 6.47. The van der Waals surface area contributed by atoms with Crippen LogP contribution < -0.4 is 4.57 Å². The zero-order chi connectivity index (χ0) is 19.3. The summed E-state index contributed by atoms with van der Waals surface area (Å²) in [5.41, 5.74) is 1.05. The van der Waals surface area contributed by atoms with Gasteiger partial charge in [-0.05, 0) is 32.6 Å². The minimum Gasteiger partial charge on any atom is -0.468 e. The number of aromatic nitrogens is 2. The number of imidazole rings is 1. The van der Waals surface area contributed by atoms with Crippen LogP contribution in [0.4, 0.5) is 10.7 Å². The molecule has 0 spiro atoms. The van der Waals surface area contributed by atoms with Gasteiger partial charge in [-0.25, -0.2) is 18.8 Å². The summed E-state index contributed by atoms with van der Waals surface area (Å²) in [5, 5.41) is 0. The third-order valence-electron chi connectivity index (χ3n) is 5.71. The minimum absolute atomic E-state index is 0.363. The maximum Gasteiger partial charge on any atom is 0.402 e. The van der Waals surface area contributed by atoms with E-state index in [1.807, 2.05) is 17.7 Å². The lowest BCUT2D eigenvalue weighted by atomic mass is 9.95. The molecule has 9 heteroatoms. The zero-order valence-electron chi connectivity index (χ0n) is 15.8. The van der Waals surface area contributed by atoms with Gasteiger partial charge in [-0.15, -0.1) is 0 Å². The van der Waals surface area contributed by atoms with Crippen LogP contribution in [-0.2, 0) is 14.3 Å². The van der Waals surface area contributed by atoms with Crippen LogP contribution in [0.1, 0.15) is 49.9 Å². The number of aryl methyl sites for hydroxylation is 1. The lowest BCUT2D eigenvalue weighted by molar-refractivity contribution is -0.677. The summed E-state index contributed by atoms with van der Waals surface area (Å²) in [7, 11) is 2.81. The Morgan fingerprint density at radius 1 is 1.30 bits per heavy atom. The fraction of sp³-hybridized carbons (Fsp3) is 0.611. The topological polar surface area (TPSA) is 88.1 Å². The first-order valence-corrected chi connectivity index (χ1v) is 9.31. The largest absolute Gasteiger partial charge is 0.468 e. The molecular weight excluding hydrogens is 350 g/mol. The molecule has 0 radical (unpaired) electrons. The van der Waals surface area contributed by atoms with Crippen molar-refractivity contribution in [1.29, 1.82) is 0 Å². The second-order valence-electron chi connectivity index (χ2n) is 7.35. The monoisotopic (exact) mass is 374 g/mol. The van der Waals surface area contributed by atoms with Crippen LogP contribution in [0.5, 0.6) is 0 Å². The van der Waals surface area contributed by atoms with Crippen LogP contribution in [0, 0.1) is 6.92 Å². The summed E-state index contributed by atoms with van der Waals surface area (Å²) in [4.78, 5) is 44.2. The van der Waals surface area contributed by atoms with Gasteiger partial charge in [-0.1, -0.05) is 11.4 Å². The molecule has 9 nitrogen and oxygen atoms in total. The number of carbonyl (C=O) groups is 3. The molecule has 27 heavy (non-hydrogen) atoms. The number of rotatable bonds is 3. The quantitative estimate of drug-likeness (QED) is 0.588. The smallest absolute Gasteiger partial charge is 0.402 e. The number of amidine groups is 1. The number of fused-ring (bicyclic) bond motifs is 3. The Kier molecular flexibility index (Phi) is 4.24. The van der Waals surface area contributed by atoms with E-state index < -0.39 is 30.5 Å². The molecule has 144 valence electrons. The van der Waals surface area contributed by atoms with Crippen molar-refractivity contribution in [2.45, 2.75) is 51.1 Å². The maximum atomic E-state index is 13.0. The van der Waals surface area contributed by atoms with Crippen molar-refractivity contribution >= 4 is 29.7 Å². The van der Waals surface area contributed by atoms with E-state index in [9.17, 15) is 14.4 Å². The third-order valence-corrected chi connectivity index (χ3v) is 5.71. The highest BCUT2D eigenvalue weighted by Gasteiger charge is 2.54. The van der Waals surface area contributed by atoms with Crippen molar-refractivity contribution < 1.29 is 23.7 Å². The molecule has 0 bridgehead atoms. The molecule has 1 saturated carbocycles. The van der Waals surface area contributed by atoms with Crippen LogP contribution in [0.25, 0.3) is 0 Å². The first-order chi connectivity index (χ1) is 12.9. The molecule has 1 aromatic rings. The molecule has 1 unspecified atom stereocenters. The number of urea groups is 1. The lowest BCUT2D eigenvalue weighted by Gasteiger charge is -2.32. The van der Waals surface area contributed by atoms with E-state index in [-0.39, 0.29) is 0 Å². The Balaban J connectivity index is 1.73. The average Bonchev–Trinajstić information content (AvgIpc) is 3.18. The number of likely N-dealkylation sites (N-methyl/N-ethyl adjacent to an activating group) is 1. The number of carbonyl (C=O) groups excluding carboxylic acids is 3. The number of nitrogens with zero attached hydrogens (tertiary/aromatic N) is 5. The van der Waals surface area contributed by atoms with E-state index in [1.165, 1.54) is 31.3 Å². The molecule has 4 rings (SSSR count). The molecule has 3 amide bonds. The van der Waals surface area contributed by atoms with Crippen LogP contribution in [-0.4, -0.2) is 58.8 Å². The zero-order valence-corrected chi connectivity index (χ0v) is 15.8. The van der Waals surface area contributed by atoms with E-state index in [2.05, 4.69) is 14.3 Å². The van der Waals surface area contributed by atoms with Gasteiger partial charge < -0.3 is 4.74 Å². The van der Waals surface area contributed by atoms with E-state index in [4.69, 9.17) is 0 Å². The Bertz CT molecular complexity index is 852. The molecule has 1 aliphatic carbocycles. The Hall–Kier alpha value is -2.71. The lowest BCUT2D eigenvalue weighted by Crippen LogP contribution is -2.63. The van der Waals surface area contributed by atoms with Gasteiger partial charge in [0.15, 0.2) is 0 Å². The fourth-order valence-electron chi connectivity index (χ4n) is 4.33. The number of aliphatic imine (C=N–C) groups is 1. The van der Waals surface area contributed by atoms with Crippen LogP contribution in [0.3, 0.4) is 0 Å². The van der Waals surface area contributed by atoms with Gasteiger partial charge in [-0.3, -0.25) is 14.5 Å². The standard InChI is InChI=1S/C18H24N5O4/c1-11-9-21-14-15(19-17(21)23(11)12-7-5-4-6-8-12)20(2)18(26)22(16(14)25)10-13(24)27-3/h9,12,14H,4-8,10H2,1-3H3/q+1. The molecule has 2 fully saturated rings. The fourth-order valence-corrected chi connectivity index (χ4v) is 4.33. The highest BCUT2D eigenvalue weighted by Crippen LogP contribution is 2.36. The Morgan fingerprint density at radius 3 is 2.67 bits per heavy atom. The summed E-state index contributed by atoms with van der Waals surface area (Å²) < 4.78 is 8.65. The first kappa shape index (κ1) is 17.7. The van der Waals surface area contributed by atoms with Gasteiger partial charge >= 0.3 is 17.9 Å². The predicted molar refractivity (Wildman–Crippen MR) is 94.5 cm³/mol. The SMILES string of the molecule is COC(=O)CN1C(=O)C2C(=Nc3n(C4CCCCC4)c(C)c[n+]32)N(C)C1=O.